The van der Waals surface area contributed by atoms with Crippen molar-refractivity contribution in [3.8, 4) is 11.5 Å². The van der Waals surface area contributed by atoms with E-state index in [2.05, 4.69) is 25.2 Å². The molecule has 2 N–H and O–H groups in total. The summed E-state index contributed by atoms with van der Waals surface area (Å²) in [6.07, 6.45) is 3.79. The average Bonchev–Trinajstić information content (AvgIpc) is 3.24. The van der Waals surface area contributed by atoms with Crippen molar-refractivity contribution in [2.24, 2.45) is 22.7 Å². The van der Waals surface area contributed by atoms with Crippen molar-refractivity contribution in [2.75, 3.05) is 26.9 Å². The number of aliphatic hydroxyl groups excluding tert-OH is 1. The highest BCUT2D eigenvalue weighted by atomic mass is 16.5. The first kappa shape index (κ1) is 21.4. The van der Waals surface area contributed by atoms with Crippen LogP contribution in [0.25, 0.3) is 0 Å². The van der Waals surface area contributed by atoms with Crippen LogP contribution in [0.4, 0.5) is 0 Å². The maximum Gasteiger partial charge on any atom is 0.219 e. The smallest absolute Gasteiger partial charge is 0.219 e. The summed E-state index contributed by atoms with van der Waals surface area (Å²) in [7, 11) is 1.63. The molecular weight excluding hydrogens is 382 g/mol. The van der Waals surface area contributed by atoms with E-state index in [0.717, 1.165) is 24.8 Å². The fourth-order valence-corrected chi connectivity index (χ4v) is 6.52. The van der Waals surface area contributed by atoms with Crippen LogP contribution < -0.4 is 14.8 Å². The van der Waals surface area contributed by atoms with Crippen LogP contribution in [0.3, 0.4) is 0 Å². The second kappa shape index (κ2) is 8.04. The average molecular weight is 418 g/mol. The van der Waals surface area contributed by atoms with Gasteiger partial charge in [-0.2, -0.15) is 0 Å². The molecule has 3 fully saturated rings. The lowest BCUT2D eigenvalue weighted by Crippen LogP contribution is -2.58. The Labute approximate surface area is 179 Å². The summed E-state index contributed by atoms with van der Waals surface area (Å²) in [5, 5.41) is 12.4. The molecule has 30 heavy (non-hydrogen) atoms. The molecule has 0 radical (unpaired) electrons. The van der Waals surface area contributed by atoms with Crippen molar-refractivity contribution in [3.05, 3.63) is 23.8 Å². The van der Waals surface area contributed by atoms with Crippen LogP contribution in [-0.4, -0.2) is 44.0 Å². The quantitative estimate of drug-likeness (QED) is 0.710. The third-order valence-corrected chi connectivity index (χ3v) is 8.00. The SMILES string of the molecule is CCC(=O)N[C@H]1C(C)(C)[C@@H]2C[C@@H]3[C@@H](c4ccc(OCCO)c(OC)c4)OCCC31C2. The zero-order valence-electron chi connectivity index (χ0n) is 18.6. The standard InChI is InChI=1S/C24H35NO5/c1-5-20(27)25-22-23(2,3)16-13-17-21(30-10-8-24(17,22)14-16)15-6-7-18(29-11-9-26)19(12-15)28-4/h6-7,12,16-17,21-22,26H,5,8-11,13-14H2,1-4H3,(H,25,27)/t16-,17-,21-,22+,24?/m1/s1. The fourth-order valence-electron chi connectivity index (χ4n) is 6.52. The minimum Gasteiger partial charge on any atom is -0.493 e. The molecule has 2 aliphatic carbocycles. The summed E-state index contributed by atoms with van der Waals surface area (Å²) < 4.78 is 17.5. The first-order valence-corrected chi connectivity index (χ1v) is 11.2. The first-order chi connectivity index (χ1) is 14.4. The Balaban J connectivity index is 1.64. The number of ether oxygens (including phenoxy) is 3. The predicted molar refractivity (Wildman–Crippen MR) is 114 cm³/mol. The van der Waals surface area contributed by atoms with Gasteiger partial charge in [-0.05, 0) is 59.6 Å². The molecule has 3 aliphatic rings. The van der Waals surface area contributed by atoms with Crippen LogP contribution in [0, 0.1) is 22.7 Å². The van der Waals surface area contributed by atoms with E-state index in [0.29, 0.717) is 36.4 Å². The highest BCUT2D eigenvalue weighted by Crippen LogP contribution is 2.70. The molecule has 5 atom stereocenters. The number of nitrogens with one attached hydrogen (secondary N) is 1. The van der Waals surface area contributed by atoms with Crippen molar-refractivity contribution < 1.29 is 24.1 Å². The molecular formula is C24H35NO5. The molecule has 1 aromatic rings. The van der Waals surface area contributed by atoms with Gasteiger partial charge in [0.1, 0.15) is 6.61 Å². The Hall–Kier alpha value is -1.79. The Kier molecular flexibility index (Phi) is 5.75. The number of hydrogen-bond donors (Lipinski definition) is 2. The third-order valence-electron chi connectivity index (χ3n) is 8.00. The number of methoxy groups -OCH3 is 1. The van der Waals surface area contributed by atoms with Gasteiger partial charge in [-0.25, -0.2) is 0 Å². The lowest BCUT2D eigenvalue weighted by atomic mass is 9.59. The summed E-state index contributed by atoms with van der Waals surface area (Å²) in [6, 6.07) is 6.15. The molecule has 2 bridgehead atoms. The van der Waals surface area contributed by atoms with E-state index in [1.54, 1.807) is 7.11 Å². The van der Waals surface area contributed by atoms with E-state index in [4.69, 9.17) is 19.3 Å². The molecule has 4 rings (SSSR count). The summed E-state index contributed by atoms with van der Waals surface area (Å²) in [4.78, 5) is 12.4. The topological polar surface area (TPSA) is 77.0 Å². The van der Waals surface area contributed by atoms with Gasteiger partial charge < -0.3 is 24.6 Å². The van der Waals surface area contributed by atoms with Gasteiger partial charge in [0.2, 0.25) is 5.91 Å². The number of rotatable bonds is 7. The van der Waals surface area contributed by atoms with E-state index < -0.39 is 0 Å². The highest BCUT2D eigenvalue weighted by molar-refractivity contribution is 5.76. The number of aliphatic hydroxyl groups is 1. The van der Waals surface area contributed by atoms with Crippen LogP contribution in [0.15, 0.2) is 18.2 Å². The van der Waals surface area contributed by atoms with Gasteiger partial charge in [-0.15, -0.1) is 0 Å². The van der Waals surface area contributed by atoms with E-state index in [1.165, 1.54) is 0 Å². The molecule has 0 aromatic heterocycles. The van der Waals surface area contributed by atoms with E-state index in [1.807, 2.05) is 19.1 Å². The van der Waals surface area contributed by atoms with Gasteiger partial charge >= 0.3 is 0 Å². The monoisotopic (exact) mass is 417 g/mol. The van der Waals surface area contributed by atoms with Gasteiger partial charge in [0.05, 0.1) is 19.8 Å². The van der Waals surface area contributed by atoms with E-state index in [-0.39, 0.29) is 42.1 Å². The molecule has 1 unspecified atom stereocenters. The second-order valence-electron chi connectivity index (χ2n) is 9.68. The molecule has 1 amide bonds. The van der Waals surface area contributed by atoms with E-state index in [9.17, 15) is 4.79 Å². The van der Waals surface area contributed by atoms with Crippen molar-refractivity contribution in [2.45, 2.75) is 58.6 Å². The molecule has 1 aliphatic heterocycles. The van der Waals surface area contributed by atoms with Crippen molar-refractivity contribution in [1.29, 1.82) is 0 Å². The molecule has 2 saturated carbocycles. The zero-order valence-corrected chi connectivity index (χ0v) is 18.6. The molecule has 1 saturated heterocycles. The van der Waals surface area contributed by atoms with Gasteiger partial charge in [0.25, 0.3) is 0 Å². The number of fused-ring (bicyclic) bond motifs is 1. The van der Waals surface area contributed by atoms with Crippen LogP contribution >= 0.6 is 0 Å². The fraction of sp³-hybridized carbons (Fsp3) is 0.708. The largest absolute Gasteiger partial charge is 0.493 e. The minimum atomic E-state index is -0.0384. The number of amides is 1. The first-order valence-electron chi connectivity index (χ1n) is 11.2. The van der Waals surface area contributed by atoms with Crippen molar-refractivity contribution in [1.82, 2.24) is 5.32 Å². The molecule has 6 heteroatoms. The lowest BCUT2D eigenvalue weighted by molar-refractivity contribution is -0.137. The summed E-state index contributed by atoms with van der Waals surface area (Å²) in [5.74, 6) is 2.39. The Morgan fingerprint density at radius 3 is 2.83 bits per heavy atom. The number of carbonyl (C=O) groups excluding carboxylic acids is 1. The van der Waals surface area contributed by atoms with Gasteiger partial charge in [-0.3, -0.25) is 4.79 Å². The normalized spacial score (nSPS) is 33.8. The van der Waals surface area contributed by atoms with Crippen LogP contribution in [0.5, 0.6) is 11.5 Å². The van der Waals surface area contributed by atoms with Gasteiger partial charge in [0, 0.05) is 19.1 Å². The Bertz CT molecular complexity index is 794. The number of benzene rings is 1. The van der Waals surface area contributed by atoms with Crippen LogP contribution in [0.2, 0.25) is 0 Å². The Morgan fingerprint density at radius 2 is 2.13 bits per heavy atom. The molecule has 1 heterocycles. The maximum absolute atomic E-state index is 12.4. The highest BCUT2D eigenvalue weighted by Gasteiger charge is 2.68. The third kappa shape index (κ3) is 3.28. The van der Waals surface area contributed by atoms with Crippen molar-refractivity contribution >= 4 is 5.91 Å². The second-order valence-corrected chi connectivity index (χ2v) is 9.68. The van der Waals surface area contributed by atoms with Crippen LogP contribution in [-0.2, 0) is 9.53 Å². The maximum atomic E-state index is 12.4. The van der Waals surface area contributed by atoms with E-state index >= 15 is 0 Å². The Morgan fingerprint density at radius 1 is 1.33 bits per heavy atom. The summed E-state index contributed by atoms with van der Waals surface area (Å²) >= 11 is 0. The summed E-state index contributed by atoms with van der Waals surface area (Å²) in [5.41, 5.74) is 1.28. The number of carbonyl (C=O) groups is 1. The lowest BCUT2D eigenvalue weighted by Gasteiger charge is -2.53. The zero-order chi connectivity index (χ0) is 21.5. The predicted octanol–water partition coefficient (Wildman–Crippen LogP) is 3.47. The van der Waals surface area contributed by atoms with Gasteiger partial charge in [-0.1, -0.05) is 26.8 Å². The van der Waals surface area contributed by atoms with Crippen molar-refractivity contribution in [3.63, 3.8) is 0 Å². The molecule has 1 spiro atoms. The molecule has 6 nitrogen and oxygen atoms in total. The van der Waals surface area contributed by atoms with Gasteiger partial charge in [0.15, 0.2) is 11.5 Å². The molecule has 1 aromatic carbocycles. The van der Waals surface area contributed by atoms with Crippen LogP contribution in [0.1, 0.15) is 58.1 Å². The molecule has 166 valence electrons. The summed E-state index contributed by atoms with van der Waals surface area (Å²) in [6.45, 7) is 7.46. The minimum absolute atomic E-state index is 0.0123. The number of hydrogen-bond acceptors (Lipinski definition) is 5.